The molecule has 0 atom stereocenters. The Kier molecular flexibility index (Phi) is 3.25. The van der Waals surface area contributed by atoms with Crippen molar-refractivity contribution in [3.05, 3.63) is 35.3 Å². The van der Waals surface area contributed by atoms with E-state index in [1.165, 1.54) is 25.2 Å². The second-order valence-corrected chi connectivity index (χ2v) is 4.25. The van der Waals surface area contributed by atoms with Crippen LogP contribution < -0.4 is 0 Å². The first-order valence-electron chi connectivity index (χ1n) is 5.56. The number of carbonyl (C=O) groups excluding carboxylic acids is 1. The van der Waals surface area contributed by atoms with Gasteiger partial charge in [0.1, 0.15) is 17.9 Å². The fraction of sp³-hybridized carbons (Fsp3) is 0.231. The van der Waals surface area contributed by atoms with Crippen molar-refractivity contribution in [1.29, 1.82) is 0 Å². The van der Waals surface area contributed by atoms with Gasteiger partial charge in [-0.25, -0.2) is 4.39 Å². The Morgan fingerprint density at radius 3 is 2.74 bits per heavy atom. The molecule has 0 bridgehead atoms. The molecule has 0 aliphatic rings. The Labute approximate surface area is 108 Å². The summed E-state index contributed by atoms with van der Waals surface area (Å²) in [6, 6.07) is 3.95. The fourth-order valence-electron chi connectivity index (χ4n) is 1.85. The summed E-state index contributed by atoms with van der Waals surface area (Å²) >= 11 is 0. The number of benzene rings is 1. The molecule has 1 aromatic carbocycles. The van der Waals surface area contributed by atoms with Crippen LogP contribution in [0.4, 0.5) is 4.39 Å². The second-order valence-electron chi connectivity index (χ2n) is 4.25. The van der Waals surface area contributed by atoms with Crippen molar-refractivity contribution in [2.24, 2.45) is 0 Å². The monoisotopic (exact) mass is 265 g/mol. The number of carbonyl (C=O) groups is 2. The molecule has 6 heteroatoms. The first kappa shape index (κ1) is 13.1. The standard InChI is InChI=1S/C13H12FNO4/c1-7-9-5-8(14)3-4-10(9)19-12(7)13(18)15(2)6-11(16)17/h3-5H,6H2,1-2H3,(H,16,17). The lowest BCUT2D eigenvalue weighted by atomic mass is 10.1. The van der Waals surface area contributed by atoms with Gasteiger partial charge in [-0.15, -0.1) is 0 Å². The third-order valence-electron chi connectivity index (χ3n) is 2.81. The van der Waals surface area contributed by atoms with Crippen molar-refractivity contribution in [3.8, 4) is 0 Å². The predicted octanol–water partition coefficient (Wildman–Crippen LogP) is 2.04. The van der Waals surface area contributed by atoms with Crippen molar-refractivity contribution in [2.45, 2.75) is 6.92 Å². The Bertz CT molecular complexity index is 662. The number of carboxylic acid groups (broad SMARTS) is 1. The Morgan fingerprint density at radius 1 is 1.42 bits per heavy atom. The van der Waals surface area contributed by atoms with Crippen LogP contribution in [0.1, 0.15) is 16.1 Å². The smallest absolute Gasteiger partial charge is 0.323 e. The van der Waals surface area contributed by atoms with Gasteiger partial charge in [-0.05, 0) is 25.1 Å². The van der Waals surface area contributed by atoms with Crippen LogP contribution in [-0.4, -0.2) is 35.5 Å². The predicted molar refractivity (Wildman–Crippen MR) is 65.5 cm³/mol. The average Bonchev–Trinajstić information content (AvgIpc) is 2.65. The van der Waals surface area contributed by atoms with Crippen molar-refractivity contribution in [1.82, 2.24) is 4.90 Å². The number of amides is 1. The topological polar surface area (TPSA) is 70.8 Å². The molecule has 0 aliphatic heterocycles. The zero-order valence-electron chi connectivity index (χ0n) is 10.4. The van der Waals surface area contributed by atoms with Gasteiger partial charge < -0.3 is 14.4 Å². The van der Waals surface area contributed by atoms with E-state index in [2.05, 4.69) is 0 Å². The number of hydrogen-bond donors (Lipinski definition) is 1. The van der Waals surface area contributed by atoms with Gasteiger partial charge in [-0.2, -0.15) is 0 Å². The summed E-state index contributed by atoms with van der Waals surface area (Å²) in [5.74, 6) is -2.05. The van der Waals surface area contributed by atoms with E-state index in [-0.39, 0.29) is 5.76 Å². The largest absolute Gasteiger partial charge is 0.480 e. The van der Waals surface area contributed by atoms with E-state index in [1.807, 2.05) is 0 Å². The Balaban J connectivity index is 2.42. The van der Waals surface area contributed by atoms with Crippen molar-refractivity contribution in [3.63, 3.8) is 0 Å². The molecule has 2 rings (SSSR count). The molecule has 0 radical (unpaired) electrons. The number of aryl methyl sites for hydroxylation is 1. The first-order valence-corrected chi connectivity index (χ1v) is 5.56. The van der Waals surface area contributed by atoms with Crippen molar-refractivity contribution >= 4 is 22.8 Å². The minimum Gasteiger partial charge on any atom is -0.480 e. The van der Waals surface area contributed by atoms with Crippen LogP contribution in [0.2, 0.25) is 0 Å². The third kappa shape index (κ3) is 2.42. The van der Waals surface area contributed by atoms with Crippen molar-refractivity contribution < 1.29 is 23.5 Å². The fourth-order valence-corrected chi connectivity index (χ4v) is 1.85. The third-order valence-corrected chi connectivity index (χ3v) is 2.81. The molecule has 1 N–H and O–H groups in total. The van der Waals surface area contributed by atoms with Crippen LogP contribution in [0, 0.1) is 12.7 Å². The van der Waals surface area contributed by atoms with Gasteiger partial charge in [0, 0.05) is 18.0 Å². The summed E-state index contributed by atoms with van der Waals surface area (Å²) in [5, 5.41) is 9.16. The SMILES string of the molecule is Cc1c(C(=O)N(C)CC(=O)O)oc2ccc(F)cc12. The average molecular weight is 265 g/mol. The molecule has 0 aliphatic carbocycles. The van der Waals surface area contributed by atoms with Gasteiger partial charge in [0.25, 0.3) is 5.91 Å². The number of rotatable bonds is 3. The number of fused-ring (bicyclic) bond motifs is 1. The molecule has 1 amide bonds. The highest BCUT2D eigenvalue weighted by molar-refractivity contribution is 5.99. The van der Waals surface area contributed by atoms with Gasteiger partial charge in [0.05, 0.1) is 0 Å². The highest BCUT2D eigenvalue weighted by atomic mass is 19.1. The molecule has 0 saturated carbocycles. The minimum atomic E-state index is -1.12. The van der Waals surface area contributed by atoms with E-state index in [0.29, 0.717) is 16.5 Å². The highest BCUT2D eigenvalue weighted by Crippen LogP contribution is 2.26. The minimum absolute atomic E-state index is 0.0318. The summed E-state index contributed by atoms with van der Waals surface area (Å²) in [5.41, 5.74) is 0.891. The molecule has 100 valence electrons. The molecule has 1 aromatic heterocycles. The van der Waals surface area contributed by atoms with E-state index >= 15 is 0 Å². The van der Waals surface area contributed by atoms with Crippen LogP contribution in [0.5, 0.6) is 0 Å². The lowest BCUT2D eigenvalue weighted by Gasteiger charge is -2.12. The molecule has 1 heterocycles. The normalized spacial score (nSPS) is 10.7. The number of furan rings is 1. The molecular formula is C13H12FNO4. The Hall–Kier alpha value is -2.37. The summed E-state index contributed by atoms with van der Waals surface area (Å²) in [7, 11) is 1.36. The van der Waals surface area contributed by atoms with Crippen LogP contribution in [0.15, 0.2) is 22.6 Å². The number of hydrogen-bond acceptors (Lipinski definition) is 3. The number of likely N-dealkylation sites (N-methyl/N-ethyl adjacent to an activating group) is 1. The molecule has 0 fully saturated rings. The summed E-state index contributed by atoms with van der Waals surface area (Å²) < 4.78 is 18.5. The van der Waals surface area contributed by atoms with Gasteiger partial charge >= 0.3 is 5.97 Å². The zero-order chi connectivity index (χ0) is 14.2. The van der Waals surface area contributed by atoms with E-state index in [0.717, 1.165) is 4.90 Å². The van der Waals surface area contributed by atoms with Crippen LogP contribution in [0.25, 0.3) is 11.0 Å². The maximum absolute atomic E-state index is 13.1. The molecule has 0 spiro atoms. The van der Waals surface area contributed by atoms with E-state index in [4.69, 9.17) is 9.52 Å². The molecule has 0 saturated heterocycles. The number of halogens is 1. The van der Waals surface area contributed by atoms with Gasteiger partial charge in [-0.1, -0.05) is 0 Å². The van der Waals surface area contributed by atoms with Crippen molar-refractivity contribution in [2.75, 3.05) is 13.6 Å². The van der Waals surface area contributed by atoms with Crippen LogP contribution >= 0.6 is 0 Å². The Morgan fingerprint density at radius 2 is 2.11 bits per heavy atom. The van der Waals surface area contributed by atoms with E-state index in [1.54, 1.807) is 6.92 Å². The van der Waals surface area contributed by atoms with Crippen LogP contribution in [-0.2, 0) is 4.79 Å². The summed E-state index contributed by atoms with van der Waals surface area (Å²) in [6.45, 7) is 1.21. The maximum Gasteiger partial charge on any atom is 0.323 e. The zero-order valence-corrected chi connectivity index (χ0v) is 10.4. The number of aliphatic carboxylic acids is 1. The molecule has 0 unspecified atom stereocenters. The maximum atomic E-state index is 13.1. The van der Waals surface area contributed by atoms with Gasteiger partial charge in [0.2, 0.25) is 0 Å². The lowest BCUT2D eigenvalue weighted by molar-refractivity contribution is -0.137. The van der Waals surface area contributed by atoms with E-state index in [9.17, 15) is 14.0 Å². The van der Waals surface area contributed by atoms with E-state index < -0.39 is 24.2 Å². The number of carboxylic acids is 1. The van der Waals surface area contributed by atoms with Gasteiger partial charge in [0.15, 0.2) is 5.76 Å². The molecule has 5 nitrogen and oxygen atoms in total. The second kappa shape index (κ2) is 4.72. The van der Waals surface area contributed by atoms with Gasteiger partial charge in [-0.3, -0.25) is 9.59 Å². The summed E-state index contributed by atoms with van der Waals surface area (Å²) in [6.07, 6.45) is 0. The first-order chi connectivity index (χ1) is 8.90. The highest BCUT2D eigenvalue weighted by Gasteiger charge is 2.22. The molecule has 19 heavy (non-hydrogen) atoms. The summed E-state index contributed by atoms with van der Waals surface area (Å²) in [4.78, 5) is 23.6. The lowest BCUT2D eigenvalue weighted by Crippen LogP contribution is -2.32. The number of nitrogens with zero attached hydrogens (tertiary/aromatic N) is 1. The molecular weight excluding hydrogens is 253 g/mol. The quantitative estimate of drug-likeness (QED) is 0.921. The molecule has 2 aromatic rings. The van der Waals surface area contributed by atoms with Crippen LogP contribution in [0.3, 0.4) is 0 Å².